The van der Waals surface area contributed by atoms with Gasteiger partial charge in [-0.3, -0.25) is 4.57 Å². The molecule has 0 saturated carbocycles. The summed E-state index contributed by atoms with van der Waals surface area (Å²) in [5, 5.41) is 0. The molecular formula is C27H29FN2O. The van der Waals surface area contributed by atoms with Gasteiger partial charge in [-0.2, -0.15) is 0 Å². The Kier molecular flexibility index (Phi) is 5.81. The molecule has 4 aromatic rings. The van der Waals surface area contributed by atoms with Gasteiger partial charge in [-0.25, -0.2) is 9.37 Å². The Balaban J connectivity index is 1.47. The van der Waals surface area contributed by atoms with Crippen LogP contribution in [0.2, 0.25) is 0 Å². The molecule has 4 heteroatoms. The molecule has 0 atom stereocenters. The lowest BCUT2D eigenvalue weighted by molar-refractivity contribution is 0.221. The number of aromatic nitrogens is 2. The molecule has 0 amide bonds. The molecule has 4 rings (SSSR count). The number of alkyl halides is 1. The van der Waals surface area contributed by atoms with Crippen molar-refractivity contribution in [3.8, 4) is 11.4 Å². The van der Waals surface area contributed by atoms with Crippen LogP contribution < -0.4 is 4.74 Å². The molecular weight excluding hydrogens is 387 g/mol. The van der Waals surface area contributed by atoms with Crippen LogP contribution in [0.3, 0.4) is 0 Å². The largest absolute Gasteiger partial charge is 0.491 e. The summed E-state index contributed by atoms with van der Waals surface area (Å²) >= 11 is 0. The molecule has 0 aliphatic heterocycles. The second-order valence-electron chi connectivity index (χ2n) is 8.77. The molecule has 160 valence electrons. The quantitative estimate of drug-likeness (QED) is 0.331. The fourth-order valence-corrected chi connectivity index (χ4v) is 3.73. The number of ether oxygens (including phenoxy) is 1. The summed E-state index contributed by atoms with van der Waals surface area (Å²) < 4.78 is 21.9. The Morgan fingerprint density at radius 3 is 2.19 bits per heavy atom. The predicted octanol–water partition coefficient (Wildman–Crippen LogP) is 6.80. The van der Waals surface area contributed by atoms with Crippen molar-refractivity contribution in [1.82, 2.24) is 9.55 Å². The van der Waals surface area contributed by atoms with Crippen LogP contribution in [0, 0.1) is 0 Å². The topological polar surface area (TPSA) is 27.1 Å². The number of rotatable bonds is 7. The second kappa shape index (κ2) is 8.54. The minimum absolute atomic E-state index is 0.159. The highest BCUT2D eigenvalue weighted by molar-refractivity contribution is 5.78. The minimum Gasteiger partial charge on any atom is -0.491 e. The third-order valence-corrected chi connectivity index (χ3v) is 5.44. The molecule has 0 unspecified atom stereocenters. The lowest BCUT2D eigenvalue weighted by Crippen LogP contribution is -2.08. The Morgan fingerprint density at radius 1 is 0.903 bits per heavy atom. The fraction of sp³-hybridized carbons (Fsp3) is 0.296. The Hall–Kier alpha value is -3.14. The molecule has 0 fully saturated rings. The molecule has 3 nitrogen and oxygen atoms in total. The molecule has 1 heterocycles. The van der Waals surface area contributed by atoms with E-state index in [1.54, 1.807) is 13.8 Å². The lowest BCUT2D eigenvalue weighted by Gasteiger charge is -2.14. The number of hydrogen-bond acceptors (Lipinski definition) is 2. The molecule has 0 spiro atoms. The van der Waals surface area contributed by atoms with Crippen molar-refractivity contribution in [1.29, 1.82) is 0 Å². The highest BCUT2D eigenvalue weighted by atomic mass is 19.1. The summed E-state index contributed by atoms with van der Waals surface area (Å²) in [7, 11) is 0. The molecule has 0 bridgehead atoms. The van der Waals surface area contributed by atoms with Gasteiger partial charge in [0.2, 0.25) is 0 Å². The summed E-state index contributed by atoms with van der Waals surface area (Å²) in [6, 6.07) is 22.4. The zero-order valence-corrected chi connectivity index (χ0v) is 18.6. The Labute approximate surface area is 183 Å². The molecule has 3 aromatic carbocycles. The van der Waals surface area contributed by atoms with Crippen molar-refractivity contribution < 1.29 is 9.13 Å². The SMILES string of the molecule is CC(C)Oc1ccc(-n2cnc3cc(CCc4ccc(C(C)(C)F)cc4)ccc32)cc1. The molecule has 0 N–H and O–H groups in total. The third kappa shape index (κ3) is 4.96. The first-order valence-electron chi connectivity index (χ1n) is 10.8. The normalized spacial score (nSPS) is 11.9. The zero-order chi connectivity index (χ0) is 22.0. The van der Waals surface area contributed by atoms with E-state index in [2.05, 4.69) is 39.9 Å². The zero-order valence-electron chi connectivity index (χ0n) is 18.6. The van der Waals surface area contributed by atoms with E-state index >= 15 is 0 Å². The first-order chi connectivity index (χ1) is 14.8. The van der Waals surface area contributed by atoms with Gasteiger partial charge in [0.15, 0.2) is 0 Å². The van der Waals surface area contributed by atoms with Crippen molar-refractivity contribution in [3.63, 3.8) is 0 Å². The van der Waals surface area contributed by atoms with Crippen molar-refractivity contribution in [2.45, 2.75) is 52.3 Å². The molecule has 0 saturated heterocycles. The van der Waals surface area contributed by atoms with E-state index in [9.17, 15) is 4.39 Å². The van der Waals surface area contributed by atoms with Gasteiger partial charge in [0.05, 0.1) is 17.1 Å². The second-order valence-corrected chi connectivity index (χ2v) is 8.77. The Morgan fingerprint density at radius 2 is 1.55 bits per heavy atom. The van der Waals surface area contributed by atoms with Gasteiger partial charge >= 0.3 is 0 Å². The maximum absolute atomic E-state index is 14.0. The average Bonchev–Trinajstić information content (AvgIpc) is 3.15. The van der Waals surface area contributed by atoms with Gasteiger partial charge in [-0.15, -0.1) is 0 Å². The van der Waals surface area contributed by atoms with Crippen LogP contribution in [0.4, 0.5) is 4.39 Å². The van der Waals surface area contributed by atoms with Crippen molar-refractivity contribution in [2.75, 3.05) is 0 Å². The number of halogens is 1. The van der Waals surface area contributed by atoms with Gasteiger partial charge in [-0.05, 0) is 93.6 Å². The summed E-state index contributed by atoms with van der Waals surface area (Å²) in [5.41, 5.74) is 4.99. The number of imidazole rings is 1. The van der Waals surface area contributed by atoms with E-state index in [0.29, 0.717) is 5.56 Å². The van der Waals surface area contributed by atoms with Crippen LogP contribution in [-0.4, -0.2) is 15.7 Å². The highest BCUT2D eigenvalue weighted by Crippen LogP contribution is 2.25. The smallest absolute Gasteiger partial charge is 0.130 e. The molecule has 31 heavy (non-hydrogen) atoms. The predicted molar refractivity (Wildman–Crippen MR) is 125 cm³/mol. The van der Waals surface area contributed by atoms with E-state index < -0.39 is 5.67 Å². The van der Waals surface area contributed by atoms with E-state index in [0.717, 1.165) is 35.3 Å². The van der Waals surface area contributed by atoms with E-state index in [1.165, 1.54) is 11.1 Å². The number of benzene rings is 3. The summed E-state index contributed by atoms with van der Waals surface area (Å²) in [4.78, 5) is 4.61. The van der Waals surface area contributed by atoms with Crippen LogP contribution in [0.15, 0.2) is 73.1 Å². The monoisotopic (exact) mass is 416 g/mol. The van der Waals surface area contributed by atoms with Crippen molar-refractivity contribution >= 4 is 11.0 Å². The van der Waals surface area contributed by atoms with E-state index in [4.69, 9.17) is 4.74 Å². The van der Waals surface area contributed by atoms with Crippen molar-refractivity contribution in [3.05, 3.63) is 89.7 Å². The molecule has 0 aliphatic carbocycles. The maximum Gasteiger partial charge on any atom is 0.130 e. The summed E-state index contributed by atoms with van der Waals surface area (Å²) in [5.74, 6) is 0.869. The van der Waals surface area contributed by atoms with Gasteiger partial charge in [-0.1, -0.05) is 30.3 Å². The number of aryl methyl sites for hydroxylation is 2. The molecule has 0 radical (unpaired) electrons. The first kappa shape index (κ1) is 21.1. The minimum atomic E-state index is -1.30. The van der Waals surface area contributed by atoms with Gasteiger partial charge in [0.25, 0.3) is 0 Å². The number of nitrogens with zero attached hydrogens (tertiary/aromatic N) is 2. The average molecular weight is 417 g/mol. The first-order valence-corrected chi connectivity index (χ1v) is 10.8. The number of hydrogen-bond donors (Lipinski definition) is 0. The maximum atomic E-state index is 14.0. The fourth-order valence-electron chi connectivity index (χ4n) is 3.73. The van der Waals surface area contributed by atoms with Crippen LogP contribution >= 0.6 is 0 Å². The number of fused-ring (bicyclic) bond motifs is 1. The van der Waals surface area contributed by atoms with Crippen LogP contribution in [0.1, 0.15) is 44.4 Å². The van der Waals surface area contributed by atoms with E-state index in [-0.39, 0.29) is 6.10 Å². The van der Waals surface area contributed by atoms with Crippen molar-refractivity contribution in [2.24, 2.45) is 0 Å². The lowest BCUT2D eigenvalue weighted by atomic mass is 9.97. The van der Waals surface area contributed by atoms with Gasteiger partial charge in [0, 0.05) is 5.69 Å². The summed E-state index contributed by atoms with van der Waals surface area (Å²) in [6.45, 7) is 7.22. The van der Waals surface area contributed by atoms with Crippen LogP contribution in [-0.2, 0) is 18.5 Å². The summed E-state index contributed by atoms with van der Waals surface area (Å²) in [6.07, 6.45) is 3.86. The standard InChI is InChI=1S/C27H29FN2O/c1-19(2)31-24-14-12-23(13-15-24)30-18-29-25-17-21(9-16-26(25)30)6-5-20-7-10-22(11-8-20)27(3,4)28/h7-19H,5-6H2,1-4H3. The van der Waals surface area contributed by atoms with Gasteiger partial charge < -0.3 is 4.74 Å². The van der Waals surface area contributed by atoms with Crippen LogP contribution in [0.25, 0.3) is 16.7 Å². The molecule has 1 aromatic heterocycles. The Bertz CT molecular complexity index is 1150. The third-order valence-electron chi connectivity index (χ3n) is 5.44. The van der Waals surface area contributed by atoms with Gasteiger partial charge in [0.1, 0.15) is 17.7 Å². The highest BCUT2D eigenvalue weighted by Gasteiger charge is 2.17. The van der Waals surface area contributed by atoms with E-state index in [1.807, 2.05) is 56.6 Å². The van der Waals surface area contributed by atoms with Crippen LogP contribution in [0.5, 0.6) is 5.75 Å². The molecule has 0 aliphatic rings.